The third-order valence-corrected chi connectivity index (χ3v) is 7.40. The molecule has 11 heteroatoms. The number of rotatable bonds is 4. The lowest BCUT2D eigenvalue weighted by Crippen LogP contribution is -2.48. The van der Waals surface area contributed by atoms with E-state index in [1.807, 2.05) is 18.2 Å². The van der Waals surface area contributed by atoms with Crippen molar-refractivity contribution in [3.05, 3.63) is 81.5 Å². The molecule has 6 nitrogen and oxygen atoms in total. The van der Waals surface area contributed by atoms with Crippen molar-refractivity contribution >= 4 is 34.9 Å². The second-order valence-electron chi connectivity index (χ2n) is 9.08. The van der Waals surface area contributed by atoms with Crippen LogP contribution in [0.15, 0.2) is 54.6 Å². The van der Waals surface area contributed by atoms with Gasteiger partial charge in [0.05, 0.1) is 16.1 Å². The molecule has 3 heterocycles. The Morgan fingerprint density at radius 3 is 2.39 bits per heavy atom. The summed E-state index contributed by atoms with van der Waals surface area (Å²) in [5, 5.41) is 7.79. The molecular weight excluding hydrogens is 514 g/mol. The predicted octanol–water partition coefficient (Wildman–Crippen LogP) is 5.81. The molecule has 36 heavy (non-hydrogen) atoms. The minimum atomic E-state index is -4.54. The lowest BCUT2D eigenvalue weighted by atomic mass is 9.97. The number of benzene rings is 2. The third-order valence-electron chi connectivity index (χ3n) is 6.66. The van der Waals surface area contributed by atoms with Gasteiger partial charge in [0.2, 0.25) is 0 Å². The summed E-state index contributed by atoms with van der Waals surface area (Å²) in [6.45, 7) is 3.11. The van der Waals surface area contributed by atoms with Crippen molar-refractivity contribution in [3.8, 4) is 0 Å². The van der Waals surface area contributed by atoms with Gasteiger partial charge < -0.3 is 10.2 Å². The Morgan fingerprint density at radius 1 is 1.00 bits per heavy atom. The summed E-state index contributed by atoms with van der Waals surface area (Å²) in [6.07, 6.45) is -4.83. The van der Waals surface area contributed by atoms with E-state index in [0.717, 1.165) is 11.2 Å². The van der Waals surface area contributed by atoms with E-state index in [-0.39, 0.29) is 28.9 Å². The highest BCUT2D eigenvalue weighted by Gasteiger charge is 2.47. The van der Waals surface area contributed by atoms with Gasteiger partial charge in [-0.3, -0.25) is 9.69 Å². The lowest BCUT2D eigenvalue weighted by molar-refractivity contribution is -0.173. The minimum absolute atomic E-state index is 0.00181. The second kappa shape index (κ2) is 9.95. The first kappa shape index (κ1) is 24.9. The number of halogens is 5. The van der Waals surface area contributed by atoms with Crippen LogP contribution in [-0.2, 0) is 6.54 Å². The summed E-state index contributed by atoms with van der Waals surface area (Å²) in [5.41, 5.74) is 1.77. The molecule has 5 rings (SSSR count). The Hall–Kier alpha value is -2.75. The van der Waals surface area contributed by atoms with E-state index in [4.69, 9.17) is 23.2 Å². The molecule has 2 atom stereocenters. The summed E-state index contributed by atoms with van der Waals surface area (Å²) in [4.78, 5) is 17.1. The average molecular weight is 538 g/mol. The van der Waals surface area contributed by atoms with Crippen LogP contribution < -0.4 is 5.32 Å². The van der Waals surface area contributed by atoms with Gasteiger partial charge >= 0.3 is 6.18 Å². The van der Waals surface area contributed by atoms with Crippen LogP contribution in [0.5, 0.6) is 0 Å². The standard InChI is InChI=1S/C25H24Cl2F3N5O/c26-18-7-6-17(12-19(18)27)20-13-22(25(28,29)30)35-23(31-20)14-21(32-35)24(36)34-10-8-33(9-11-34)15-16-4-2-1-3-5-16/h1-7,12,14,20,22,31H,8-11,13,15H2/t20-,22+/m0/s1. The fraction of sp³-hybridized carbons (Fsp3) is 0.360. The number of nitrogens with one attached hydrogen (secondary N) is 1. The number of aromatic nitrogens is 2. The zero-order valence-electron chi connectivity index (χ0n) is 19.2. The van der Waals surface area contributed by atoms with Gasteiger partial charge in [-0.1, -0.05) is 59.6 Å². The number of hydrogen-bond acceptors (Lipinski definition) is 4. The Kier molecular flexibility index (Phi) is 6.89. The maximum atomic E-state index is 14.0. The number of piperazine rings is 1. The summed E-state index contributed by atoms with van der Waals surface area (Å²) >= 11 is 12.1. The molecule has 0 radical (unpaired) electrons. The van der Waals surface area contributed by atoms with Gasteiger partial charge in [0.1, 0.15) is 5.82 Å². The number of carbonyl (C=O) groups is 1. The lowest BCUT2D eigenvalue weighted by Gasteiger charge is -2.34. The molecule has 1 saturated heterocycles. The van der Waals surface area contributed by atoms with Gasteiger partial charge in [-0.25, -0.2) is 4.68 Å². The zero-order chi connectivity index (χ0) is 25.4. The van der Waals surface area contributed by atoms with Gasteiger partial charge in [-0.15, -0.1) is 0 Å². The minimum Gasteiger partial charge on any atom is -0.363 e. The van der Waals surface area contributed by atoms with E-state index >= 15 is 0 Å². The predicted molar refractivity (Wildman–Crippen MR) is 132 cm³/mol. The molecule has 0 unspecified atom stereocenters. The maximum Gasteiger partial charge on any atom is 0.410 e. The molecule has 0 bridgehead atoms. The van der Waals surface area contributed by atoms with Crippen LogP contribution >= 0.6 is 23.2 Å². The molecule has 1 aromatic heterocycles. The highest BCUT2D eigenvalue weighted by atomic mass is 35.5. The van der Waals surface area contributed by atoms with E-state index < -0.39 is 18.3 Å². The molecule has 3 aromatic rings. The van der Waals surface area contributed by atoms with Gasteiger partial charge in [0.15, 0.2) is 11.7 Å². The number of hydrogen-bond donors (Lipinski definition) is 1. The van der Waals surface area contributed by atoms with Gasteiger partial charge in [-0.2, -0.15) is 18.3 Å². The smallest absolute Gasteiger partial charge is 0.363 e. The number of amides is 1. The molecule has 0 aliphatic carbocycles. The first-order valence-corrected chi connectivity index (χ1v) is 12.4. The Labute approximate surface area is 216 Å². The monoisotopic (exact) mass is 537 g/mol. The van der Waals surface area contributed by atoms with Crippen LogP contribution in [0.3, 0.4) is 0 Å². The van der Waals surface area contributed by atoms with E-state index in [9.17, 15) is 18.0 Å². The SMILES string of the molecule is O=C(c1cc2n(n1)[C@@H](C(F)(F)F)C[C@@H](c1ccc(Cl)c(Cl)c1)N2)N1CCN(Cc2ccccc2)CC1. The molecule has 0 saturated carbocycles. The summed E-state index contributed by atoms with van der Waals surface area (Å²) in [6, 6.07) is 13.7. The third kappa shape index (κ3) is 5.19. The molecule has 190 valence electrons. The zero-order valence-corrected chi connectivity index (χ0v) is 20.7. The average Bonchev–Trinajstić information content (AvgIpc) is 3.29. The topological polar surface area (TPSA) is 53.4 Å². The van der Waals surface area contributed by atoms with Crippen LogP contribution in [0.2, 0.25) is 10.0 Å². The molecule has 2 aliphatic heterocycles. The number of nitrogens with zero attached hydrogens (tertiary/aromatic N) is 4. The van der Waals surface area contributed by atoms with Gasteiger partial charge in [0.25, 0.3) is 5.91 Å². The molecule has 2 aromatic carbocycles. The molecule has 0 spiro atoms. The summed E-state index contributed by atoms with van der Waals surface area (Å²) in [7, 11) is 0. The molecule has 1 amide bonds. The number of alkyl halides is 3. The second-order valence-corrected chi connectivity index (χ2v) is 9.89. The van der Waals surface area contributed by atoms with E-state index in [1.54, 1.807) is 23.1 Å². The van der Waals surface area contributed by atoms with Crippen molar-refractivity contribution in [3.63, 3.8) is 0 Å². The fourth-order valence-corrected chi connectivity index (χ4v) is 5.04. The fourth-order valence-electron chi connectivity index (χ4n) is 4.74. The molecule has 2 aliphatic rings. The van der Waals surface area contributed by atoms with Gasteiger partial charge in [-0.05, 0) is 23.3 Å². The van der Waals surface area contributed by atoms with Crippen molar-refractivity contribution in [2.24, 2.45) is 0 Å². The molecular formula is C25H24Cl2F3N5O. The number of carbonyl (C=O) groups excluding carboxylic acids is 1. The van der Waals surface area contributed by atoms with Crippen molar-refractivity contribution in [1.82, 2.24) is 19.6 Å². The first-order chi connectivity index (χ1) is 17.2. The largest absolute Gasteiger partial charge is 0.410 e. The van der Waals surface area contributed by atoms with Crippen LogP contribution in [0, 0.1) is 0 Å². The highest BCUT2D eigenvalue weighted by molar-refractivity contribution is 6.42. The van der Waals surface area contributed by atoms with E-state index in [1.165, 1.54) is 11.6 Å². The van der Waals surface area contributed by atoms with Crippen molar-refractivity contribution < 1.29 is 18.0 Å². The van der Waals surface area contributed by atoms with Crippen LogP contribution in [0.4, 0.5) is 19.0 Å². The quantitative estimate of drug-likeness (QED) is 0.456. The van der Waals surface area contributed by atoms with Crippen LogP contribution in [0.25, 0.3) is 0 Å². The maximum absolute atomic E-state index is 14.0. The normalized spacial score (nSPS) is 20.6. The number of anilines is 1. The van der Waals surface area contributed by atoms with Crippen LogP contribution in [0.1, 0.15) is 40.1 Å². The summed E-state index contributed by atoms with van der Waals surface area (Å²) in [5.74, 6) is -0.226. The Bertz CT molecular complexity index is 1240. The van der Waals surface area contributed by atoms with Crippen molar-refractivity contribution in [2.45, 2.75) is 31.2 Å². The van der Waals surface area contributed by atoms with E-state index in [2.05, 4.69) is 27.4 Å². The highest BCUT2D eigenvalue weighted by Crippen LogP contribution is 2.44. The van der Waals surface area contributed by atoms with Crippen molar-refractivity contribution in [2.75, 3.05) is 31.5 Å². The van der Waals surface area contributed by atoms with Crippen LogP contribution in [-0.4, -0.2) is 57.8 Å². The Morgan fingerprint density at radius 2 is 1.72 bits per heavy atom. The number of fused-ring (bicyclic) bond motifs is 1. The van der Waals surface area contributed by atoms with Crippen molar-refractivity contribution in [1.29, 1.82) is 0 Å². The molecule has 1 fully saturated rings. The molecule has 1 N–H and O–H groups in total. The van der Waals surface area contributed by atoms with E-state index in [0.29, 0.717) is 36.8 Å². The summed E-state index contributed by atoms with van der Waals surface area (Å²) < 4.78 is 42.9. The van der Waals surface area contributed by atoms with Gasteiger partial charge in [0, 0.05) is 45.2 Å². The first-order valence-electron chi connectivity index (χ1n) is 11.6. The Balaban J connectivity index is 1.32.